The Morgan fingerprint density at radius 2 is 2.00 bits per heavy atom. The molecule has 4 aromatic rings. The molecule has 0 saturated heterocycles. The molecule has 1 aliphatic rings. The van der Waals surface area contributed by atoms with Gasteiger partial charge in [-0.2, -0.15) is 5.26 Å². The number of rotatable bonds is 8. The number of carbonyl (C=O) groups excluding carboxylic acids is 1. The monoisotopic (exact) mass is 533 g/mol. The lowest BCUT2D eigenvalue weighted by Gasteiger charge is -2.17. The number of nitrogens with one attached hydrogen (secondary N) is 2. The second kappa shape index (κ2) is 11.2. The van der Waals surface area contributed by atoms with E-state index < -0.39 is 5.41 Å². The van der Waals surface area contributed by atoms with Gasteiger partial charge in [0.25, 0.3) is 5.91 Å². The summed E-state index contributed by atoms with van der Waals surface area (Å²) in [4.78, 5) is 22.4. The molecule has 3 heterocycles. The van der Waals surface area contributed by atoms with Gasteiger partial charge in [0.1, 0.15) is 12.4 Å². The van der Waals surface area contributed by atoms with Gasteiger partial charge in [-0.25, -0.2) is 9.97 Å². The summed E-state index contributed by atoms with van der Waals surface area (Å²) < 4.78 is 5.75. The first-order valence-corrected chi connectivity index (χ1v) is 13.2. The second-order valence-corrected chi connectivity index (χ2v) is 10.3. The third-order valence-electron chi connectivity index (χ3n) is 7.07. The summed E-state index contributed by atoms with van der Waals surface area (Å²) >= 11 is 0. The summed E-state index contributed by atoms with van der Waals surface area (Å²) in [7, 11) is 0. The number of ether oxygens (including phenoxy) is 1. The molecule has 0 saturated carbocycles. The number of aromatic nitrogens is 2. The molecule has 0 radical (unpaired) electrons. The van der Waals surface area contributed by atoms with E-state index in [1.807, 2.05) is 63.2 Å². The highest BCUT2D eigenvalue weighted by Gasteiger charge is 2.22. The zero-order chi connectivity index (χ0) is 28.3. The van der Waals surface area contributed by atoms with Crippen LogP contribution in [0.1, 0.15) is 40.9 Å². The number of hydrogen-bond acceptors (Lipinski definition) is 7. The van der Waals surface area contributed by atoms with Gasteiger partial charge in [-0.3, -0.25) is 4.79 Å². The average molecular weight is 534 g/mol. The van der Waals surface area contributed by atoms with Crippen LogP contribution < -0.4 is 15.4 Å². The third kappa shape index (κ3) is 5.51. The SMILES string of the molecule is Cc1ccc(NC(=O)c2cccc(C(C)(C)C#N)c2)cc1-c1cc(OCCO)nc(-c2ccnc3c2CCN3)c1. The van der Waals surface area contributed by atoms with Crippen LogP contribution in [-0.4, -0.2) is 40.7 Å². The molecule has 5 rings (SSSR count). The molecule has 0 aliphatic carbocycles. The van der Waals surface area contributed by atoms with Crippen molar-refractivity contribution < 1.29 is 14.6 Å². The number of aliphatic hydroxyl groups is 1. The molecule has 2 aromatic carbocycles. The maximum atomic E-state index is 13.2. The Bertz CT molecular complexity index is 1620. The number of hydrogen-bond donors (Lipinski definition) is 3. The summed E-state index contributed by atoms with van der Waals surface area (Å²) in [6, 6.07) is 21.0. The average Bonchev–Trinajstić information content (AvgIpc) is 3.46. The van der Waals surface area contributed by atoms with E-state index in [0.717, 1.165) is 57.9 Å². The van der Waals surface area contributed by atoms with Crippen molar-refractivity contribution >= 4 is 17.4 Å². The highest BCUT2D eigenvalue weighted by molar-refractivity contribution is 6.04. The van der Waals surface area contributed by atoms with E-state index >= 15 is 0 Å². The molecule has 0 unspecified atom stereocenters. The van der Waals surface area contributed by atoms with E-state index in [9.17, 15) is 15.2 Å². The zero-order valence-corrected chi connectivity index (χ0v) is 22.8. The van der Waals surface area contributed by atoms with E-state index in [1.54, 1.807) is 24.4 Å². The molecule has 8 heteroatoms. The standard InChI is InChI=1S/C32H31N5O3/c1-20-7-8-24(36-31(39)21-5-4-6-23(15-21)32(2,3)19-33)18-27(20)22-16-28(37-29(17-22)40-14-13-38)25-9-11-34-30-26(25)10-12-35-30/h4-9,11,15-18,38H,10,12-14H2,1-3H3,(H,34,35)(H,36,39). The van der Waals surface area contributed by atoms with Crippen molar-refractivity contribution in [3.05, 3.63) is 89.1 Å². The lowest BCUT2D eigenvalue weighted by molar-refractivity contribution is 0.102. The second-order valence-electron chi connectivity index (χ2n) is 10.3. The fourth-order valence-electron chi connectivity index (χ4n) is 4.79. The van der Waals surface area contributed by atoms with Crippen LogP contribution in [0.3, 0.4) is 0 Å². The molecular formula is C32H31N5O3. The molecule has 0 atom stereocenters. The van der Waals surface area contributed by atoms with Crippen molar-refractivity contribution in [1.29, 1.82) is 5.26 Å². The molecule has 1 aliphatic heterocycles. The van der Waals surface area contributed by atoms with Crippen LogP contribution in [-0.2, 0) is 11.8 Å². The van der Waals surface area contributed by atoms with Crippen LogP contribution >= 0.6 is 0 Å². The number of benzene rings is 2. The first-order chi connectivity index (χ1) is 19.3. The number of pyridine rings is 2. The van der Waals surface area contributed by atoms with Crippen LogP contribution in [0.2, 0.25) is 0 Å². The molecule has 202 valence electrons. The van der Waals surface area contributed by atoms with Gasteiger partial charge in [0.15, 0.2) is 0 Å². The fourth-order valence-corrected chi connectivity index (χ4v) is 4.79. The topological polar surface area (TPSA) is 120 Å². The summed E-state index contributed by atoms with van der Waals surface area (Å²) in [5.41, 5.74) is 6.85. The quantitative estimate of drug-likeness (QED) is 0.273. The van der Waals surface area contributed by atoms with Gasteiger partial charge in [0.05, 0.1) is 23.8 Å². The normalized spacial score (nSPS) is 12.3. The van der Waals surface area contributed by atoms with Crippen LogP contribution in [0.5, 0.6) is 5.88 Å². The maximum Gasteiger partial charge on any atom is 0.255 e. The lowest BCUT2D eigenvalue weighted by atomic mass is 9.85. The molecule has 0 spiro atoms. The largest absolute Gasteiger partial charge is 0.475 e. The molecule has 1 amide bonds. The Kier molecular flexibility index (Phi) is 7.50. The molecule has 40 heavy (non-hydrogen) atoms. The van der Waals surface area contributed by atoms with Gasteiger partial charge < -0.3 is 20.5 Å². The number of anilines is 2. The van der Waals surface area contributed by atoms with Crippen molar-refractivity contribution in [3.63, 3.8) is 0 Å². The van der Waals surface area contributed by atoms with E-state index in [1.165, 1.54) is 0 Å². The minimum Gasteiger partial charge on any atom is -0.475 e. The summed E-state index contributed by atoms with van der Waals surface area (Å²) in [6.45, 7) is 6.50. The molecule has 3 N–H and O–H groups in total. The zero-order valence-electron chi connectivity index (χ0n) is 22.8. The molecule has 0 bridgehead atoms. The Balaban J connectivity index is 1.50. The van der Waals surface area contributed by atoms with Gasteiger partial charge in [-0.05, 0) is 85.8 Å². The lowest BCUT2D eigenvalue weighted by Crippen LogP contribution is -2.17. The summed E-state index contributed by atoms with van der Waals surface area (Å²) in [5.74, 6) is 1.02. The van der Waals surface area contributed by atoms with Crippen molar-refractivity contribution in [3.8, 4) is 34.3 Å². The highest BCUT2D eigenvalue weighted by Crippen LogP contribution is 2.36. The maximum absolute atomic E-state index is 13.2. The molecule has 2 aromatic heterocycles. The molecule has 0 fully saturated rings. The van der Waals surface area contributed by atoms with E-state index in [0.29, 0.717) is 17.1 Å². The number of fused-ring (bicyclic) bond motifs is 1. The number of aliphatic hydroxyl groups excluding tert-OH is 1. The third-order valence-corrected chi connectivity index (χ3v) is 7.07. The number of amides is 1. The minimum atomic E-state index is -0.701. The van der Waals surface area contributed by atoms with Crippen LogP contribution in [0.4, 0.5) is 11.5 Å². The Hall–Kier alpha value is -4.74. The molecular weight excluding hydrogens is 502 g/mol. The van der Waals surface area contributed by atoms with Crippen molar-refractivity contribution in [2.24, 2.45) is 0 Å². The van der Waals surface area contributed by atoms with Gasteiger partial charge >= 0.3 is 0 Å². The number of aryl methyl sites for hydroxylation is 1. The van der Waals surface area contributed by atoms with Gasteiger partial charge in [-0.15, -0.1) is 0 Å². The first kappa shape index (κ1) is 26.9. The van der Waals surface area contributed by atoms with E-state index in [2.05, 4.69) is 21.7 Å². The van der Waals surface area contributed by atoms with Crippen molar-refractivity contribution in [1.82, 2.24) is 9.97 Å². The van der Waals surface area contributed by atoms with Crippen molar-refractivity contribution in [2.75, 3.05) is 30.4 Å². The Morgan fingerprint density at radius 3 is 2.80 bits per heavy atom. The fraction of sp³-hybridized carbons (Fsp3) is 0.250. The minimum absolute atomic E-state index is 0.122. The van der Waals surface area contributed by atoms with Crippen molar-refractivity contribution in [2.45, 2.75) is 32.6 Å². The van der Waals surface area contributed by atoms with Gasteiger partial charge in [-0.1, -0.05) is 18.2 Å². The first-order valence-electron chi connectivity index (χ1n) is 13.2. The predicted molar refractivity (Wildman–Crippen MR) is 155 cm³/mol. The number of nitrogens with zero attached hydrogens (tertiary/aromatic N) is 3. The van der Waals surface area contributed by atoms with E-state index in [4.69, 9.17) is 9.72 Å². The predicted octanol–water partition coefficient (Wildman–Crippen LogP) is 5.51. The van der Waals surface area contributed by atoms with Crippen LogP contribution in [0.25, 0.3) is 22.4 Å². The smallest absolute Gasteiger partial charge is 0.255 e. The van der Waals surface area contributed by atoms with Gasteiger partial charge in [0.2, 0.25) is 5.88 Å². The molecule has 8 nitrogen and oxygen atoms in total. The Morgan fingerprint density at radius 1 is 1.15 bits per heavy atom. The van der Waals surface area contributed by atoms with E-state index in [-0.39, 0.29) is 19.1 Å². The summed E-state index contributed by atoms with van der Waals surface area (Å²) in [5, 5.41) is 25.1. The highest BCUT2D eigenvalue weighted by atomic mass is 16.5. The number of carbonyl (C=O) groups is 1. The van der Waals surface area contributed by atoms with Crippen LogP contribution in [0, 0.1) is 18.3 Å². The number of nitriles is 1. The summed E-state index contributed by atoms with van der Waals surface area (Å²) in [6.07, 6.45) is 2.62. The Labute approximate surface area is 233 Å². The van der Waals surface area contributed by atoms with Crippen LogP contribution in [0.15, 0.2) is 66.9 Å². The van der Waals surface area contributed by atoms with Gasteiger partial charge in [0, 0.05) is 41.2 Å².